The van der Waals surface area contributed by atoms with Crippen molar-refractivity contribution in [3.8, 4) is 0 Å². The van der Waals surface area contributed by atoms with Crippen LogP contribution in [0.5, 0.6) is 0 Å². The second-order valence-electron chi connectivity index (χ2n) is 6.29. The van der Waals surface area contributed by atoms with Gasteiger partial charge in [0.1, 0.15) is 0 Å². The third-order valence-electron chi connectivity index (χ3n) is 3.39. The molecule has 0 radical (unpaired) electrons. The van der Waals surface area contributed by atoms with Crippen LogP contribution in [0.25, 0.3) is 0 Å². The first-order valence-electron chi connectivity index (χ1n) is 7.08. The van der Waals surface area contributed by atoms with E-state index in [-0.39, 0.29) is 11.4 Å². The molecule has 104 valence electrons. The average Bonchev–Trinajstić information content (AvgIpc) is 2.70. The lowest BCUT2D eigenvalue weighted by molar-refractivity contribution is -0.122. The highest BCUT2D eigenvalue weighted by Crippen LogP contribution is 2.30. The first-order chi connectivity index (χ1) is 8.96. The smallest absolute Gasteiger partial charge is 0.221 e. The Hall–Kier alpha value is -1.35. The quantitative estimate of drug-likeness (QED) is 0.873. The van der Waals surface area contributed by atoms with E-state index in [2.05, 4.69) is 34.9 Å². The van der Waals surface area contributed by atoms with Crippen molar-refractivity contribution < 1.29 is 4.79 Å². The van der Waals surface area contributed by atoms with Crippen LogP contribution < -0.4 is 10.6 Å². The maximum Gasteiger partial charge on any atom is 0.221 e. The van der Waals surface area contributed by atoms with Gasteiger partial charge in [-0.05, 0) is 44.7 Å². The number of hydrogen-bond acceptors (Lipinski definition) is 2. The van der Waals surface area contributed by atoms with Crippen molar-refractivity contribution in [2.45, 2.75) is 51.6 Å². The lowest BCUT2D eigenvalue weighted by Crippen LogP contribution is -2.41. The summed E-state index contributed by atoms with van der Waals surface area (Å²) in [4.78, 5) is 11.7. The van der Waals surface area contributed by atoms with E-state index in [9.17, 15) is 4.79 Å². The Morgan fingerprint density at radius 1 is 1.32 bits per heavy atom. The number of rotatable bonds is 4. The van der Waals surface area contributed by atoms with Gasteiger partial charge in [0, 0.05) is 24.5 Å². The van der Waals surface area contributed by atoms with E-state index >= 15 is 0 Å². The van der Waals surface area contributed by atoms with E-state index in [1.54, 1.807) is 0 Å². The summed E-state index contributed by atoms with van der Waals surface area (Å²) in [5.74, 6) is 0.117. The highest BCUT2D eigenvalue weighted by Gasteiger charge is 2.21. The molecule has 1 aliphatic carbocycles. The van der Waals surface area contributed by atoms with Crippen molar-refractivity contribution in [3.05, 3.63) is 35.4 Å². The van der Waals surface area contributed by atoms with Crippen LogP contribution in [0.2, 0.25) is 0 Å². The number of hydrogen-bond donors (Lipinski definition) is 2. The largest absolute Gasteiger partial charge is 0.351 e. The molecule has 0 aliphatic heterocycles. The molecule has 1 aliphatic rings. The van der Waals surface area contributed by atoms with Gasteiger partial charge in [0.15, 0.2) is 0 Å². The number of amides is 1. The molecule has 0 spiro atoms. The number of carbonyl (C=O) groups is 1. The predicted molar refractivity (Wildman–Crippen MR) is 78.0 cm³/mol. The maximum absolute atomic E-state index is 11.7. The molecule has 1 aromatic carbocycles. The molecule has 3 nitrogen and oxygen atoms in total. The first-order valence-corrected chi connectivity index (χ1v) is 7.08. The summed E-state index contributed by atoms with van der Waals surface area (Å²) in [7, 11) is 0. The summed E-state index contributed by atoms with van der Waals surface area (Å²) in [6, 6.07) is 8.99. The van der Waals surface area contributed by atoms with Gasteiger partial charge in [-0.3, -0.25) is 4.79 Å². The maximum atomic E-state index is 11.7. The molecule has 1 aromatic rings. The Bertz CT molecular complexity index is 448. The zero-order chi connectivity index (χ0) is 13.9. The minimum Gasteiger partial charge on any atom is -0.351 e. The molecule has 1 atom stereocenters. The molecule has 0 heterocycles. The van der Waals surface area contributed by atoms with Gasteiger partial charge in [0.05, 0.1) is 0 Å². The van der Waals surface area contributed by atoms with Gasteiger partial charge in [0.25, 0.3) is 0 Å². The van der Waals surface area contributed by atoms with Crippen LogP contribution in [-0.2, 0) is 11.2 Å². The summed E-state index contributed by atoms with van der Waals surface area (Å²) >= 11 is 0. The van der Waals surface area contributed by atoms with Crippen LogP contribution in [0, 0.1) is 0 Å². The zero-order valence-corrected chi connectivity index (χ0v) is 12.1. The minimum atomic E-state index is -0.142. The zero-order valence-electron chi connectivity index (χ0n) is 12.1. The van der Waals surface area contributed by atoms with Crippen LogP contribution >= 0.6 is 0 Å². The van der Waals surface area contributed by atoms with Gasteiger partial charge in [0.2, 0.25) is 5.91 Å². The fraction of sp³-hybridized carbons (Fsp3) is 0.562. The summed E-state index contributed by atoms with van der Waals surface area (Å²) in [5, 5.41) is 6.48. The minimum absolute atomic E-state index is 0.117. The fourth-order valence-electron chi connectivity index (χ4n) is 2.61. The highest BCUT2D eigenvalue weighted by molar-refractivity contribution is 5.76. The molecule has 2 rings (SSSR count). The van der Waals surface area contributed by atoms with Gasteiger partial charge in [-0.2, -0.15) is 0 Å². The van der Waals surface area contributed by atoms with Gasteiger partial charge in [-0.25, -0.2) is 0 Å². The van der Waals surface area contributed by atoms with Crippen LogP contribution in [-0.4, -0.2) is 18.0 Å². The van der Waals surface area contributed by atoms with E-state index in [4.69, 9.17) is 0 Å². The van der Waals surface area contributed by atoms with Gasteiger partial charge in [-0.1, -0.05) is 24.3 Å². The summed E-state index contributed by atoms with van der Waals surface area (Å²) in [6.07, 6.45) is 2.82. The third kappa shape index (κ3) is 4.06. The SMILES string of the molecule is CC(C)(C)NC(=O)CCNC1CCc2ccccc21. The summed E-state index contributed by atoms with van der Waals surface area (Å²) in [6.45, 7) is 6.75. The molecule has 0 aromatic heterocycles. The standard InChI is InChI=1S/C16H24N2O/c1-16(2,3)18-15(19)10-11-17-14-9-8-12-6-4-5-7-13(12)14/h4-7,14,17H,8-11H2,1-3H3,(H,18,19). The van der Waals surface area contributed by atoms with Crippen molar-refractivity contribution in [1.29, 1.82) is 0 Å². The van der Waals surface area contributed by atoms with Gasteiger partial charge >= 0.3 is 0 Å². The Morgan fingerprint density at radius 2 is 2.05 bits per heavy atom. The van der Waals surface area contributed by atoms with Gasteiger partial charge < -0.3 is 10.6 Å². The number of carbonyl (C=O) groups excluding carboxylic acids is 1. The van der Waals surface area contributed by atoms with Crippen molar-refractivity contribution >= 4 is 5.91 Å². The van der Waals surface area contributed by atoms with Crippen LogP contribution in [0.15, 0.2) is 24.3 Å². The Balaban J connectivity index is 1.77. The summed E-state index contributed by atoms with van der Waals surface area (Å²) in [5.41, 5.74) is 2.70. The molecular formula is C16H24N2O. The molecule has 3 heteroatoms. The van der Waals surface area contributed by atoms with Crippen molar-refractivity contribution in [3.63, 3.8) is 0 Å². The Kier molecular flexibility index (Phi) is 4.25. The number of nitrogens with one attached hydrogen (secondary N) is 2. The van der Waals surface area contributed by atoms with E-state index in [1.807, 2.05) is 20.8 Å². The monoisotopic (exact) mass is 260 g/mol. The van der Waals surface area contributed by atoms with Crippen LogP contribution in [0.1, 0.15) is 50.8 Å². The molecule has 1 unspecified atom stereocenters. The van der Waals surface area contributed by atoms with E-state index in [1.165, 1.54) is 11.1 Å². The van der Waals surface area contributed by atoms with Crippen molar-refractivity contribution in [1.82, 2.24) is 10.6 Å². The second kappa shape index (κ2) is 5.74. The Labute approximate surface area is 115 Å². The lowest BCUT2D eigenvalue weighted by atomic mass is 10.1. The number of aryl methyl sites for hydroxylation is 1. The van der Waals surface area contributed by atoms with Gasteiger partial charge in [-0.15, -0.1) is 0 Å². The van der Waals surface area contributed by atoms with Crippen molar-refractivity contribution in [2.24, 2.45) is 0 Å². The van der Waals surface area contributed by atoms with Crippen LogP contribution in [0.4, 0.5) is 0 Å². The molecular weight excluding hydrogens is 236 g/mol. The van der Waals surface area contributed by atoms with Crippen LogP contribution in [0.3, 0.4) is 0 Å². The van der Waals surface area contributed by atoms with E-state index in [0.29, 0.717) is 12.5 Å². The summed E-state index contributed by atoms with van der Waals surface area (Å²) < 4.78 is 0. The molecule has 0 bridgehead atoms. The average molecular weight is 260 g/mol. The topological polar surface area (TPSA) is 41.1 Å². The number of benzene rings is 1. The second-order valence-corrected chi connectivity index (χ2v) is 6.29. The predicted octanol–water partition coefficient (Wildman–Crippen LogP) is 2.57. The number of fused-ring (bicyclic) bond motifs is 1. The normalized spacial score (nSPS) is 18.2. The molecule has 1 amide bonds. The fourth-order valence-corrected chi connectivity index (χ4v) is 2.61. The highest BCUT2D eigenvalue weighted by atomic mass is 16.1. The Morgan fingerprint density at radius 3 is 2.79 bits per heavy atom. The van der Waals surface area contributed by atoms with E-state index < -0.39 is 0 Å². The third-order valence-corrected chi connectivity index (χ3v) is 3.39. The molecule has 0 saturated carbocycles. The molecule has 0 saturated heterocycles. The lowest BCUT2D eigenvalue weighted by Gasteiger charge is -2.21. The van der Waals surface area contributed by atoms with E-state index in [0.717, 1.165) is 19.4 Å². The van der Waals surface area contributed by atoms with Crippen molar-refractivity contribution in [2.75, 3.05) is 6.54 Å². The first kappa shape index (κ1) is 14.1. The molecule has 0 fully saturated rings. The molecule has 2 N–H and O–H groups in total. The molecule has 19 heavy (non-hydrogen) atoms.